The summed E-state index contributed by atoms with van der Waals surface area (Å²) < 4.78 is 15.8. The zero-order valence-corrected chi connectivity index (χ0v) is 16.6. The van der Waals surface area contributed by atoms with E-state index in [-0.39, 0.29) is 29.7 Å². The molecular formula is C22H18O7S. The minimum atomic E-state index is -0.506. The summed E-state index contributed by atoms with van der Waals surface area (Å²) >= 11 is 1.28. The van der Waals surface area contributed by atoms with Gasteiger partial charge in [0.05, 0.1) is 11.8 Å². The average Bonchev–Trinajstić information content (AvgIpc) is 3.49. The van der Waals surface area contributed by atoms with Crippen molar-refractivity contribution in [3.63, 3.8) is 0 Å². The number of rotatable bonds is 6. The van der Waals surface area contributed by atoms with E-state index < -0.39 is 30.4 Å². The minimum Gasteiger partial charge on any atom is -0.462 e. The van der Waals surface area contributed by atoms with Gasteiger partial charge in [-0.05, 0) is 54.5 Å². The molecule has 8 heteroatoms. The number of hydrogen-bond acceptors (Lipinski definition) is 8. The van der Waals surface area contributed by atoms with Gasteiger partial charge in [0.2, 0.25) is 0 Å². The minimum absolute atomic E-state index is 0.0504. The number of hydrogen-bond donors (Lipinski definition) is 0. The second-order valence-corrected chi connectivity index (χ2v) is 8.79. The van der Waals surface area contributed by atoms with Gasteiger partial charge in [0.1, 0.15) is 16.7 Å². The molecule has 1 saturated heterocycles. The molecule has 2 heterocycles. The Kier molecular flexibility index (Phi) is 4.66. The van der Waals surface area contributed by atoms with Crippen molar-refractivity contribution in [3.05, 3.63) is 52.2 Å². The van der Waals surface area contributed by atoms with Crippen LogP contribution in [-0.2, 0) is 19.1 Å². The molecular weight excluding hydrogens is 408 g/mol. The van der Waals surface area contributed by atoms with Crippen LogP contribution >= 0.6 is 11.3 Å². The second kappa shape index (κ2) is 7.36. The fraction of sp³-hybridized carbons (Fsp3) is 0.364. The SMILES string of the molecule is O=C(COC(=O)[C@@H]1[C@@H]2C[C@@H]3[C@@H]1C(=O)O[C@H]3C2)c1ccc(OC(=O)c2cccs2)cc1. The van der Waals surface area contributed by atoms with Crippen LogP contribution in [0.5, 0.6) is 5.75 Å². The van der Waals surface area contributed by atoms with Crippen LogP contribution < -0.4 is 4.74 Å². The Morgan fingerprint density at radius 1 is 1.10 bits per heavy atom. The Bertz CT molecular complexity index is 1010. The van der Waals surface area contributed by atoms with Crippen molar-refractivity contribution in [2.45, 2.75) is 18.9 Å². The normalized spacial score (nSPS) is 28.3. The number of carbonyl (C=O) groups is 4. The van der Waals surface area contributed by atoms with Crippen LogP contribution in [0.4, 0.5) is 0 Å². The lowest BCUT2D eigenvalue weighted by molar-refractivity contribution is -0.154. The third-order valence-corrected chi connectivity index (χ3v) is 7.06. The zero-order chi connectivity index (χ0) is 20.8. The lowest BCUT2D eigenvalue weighted by Crippen LogP contribution is -2.34. The number of ether oxygens (including phenoxy) is 3. The molecule has 1 aliphatic heterocycles. The number of esters is 3. The topological polar surface area (TPSA) is 96.0 Å². The summed E-state index contributed by atoms with van der Waals surface area (Å²) in [4.78, 5) is 49.4. The van der Waals surface area contributed by atoms with E-state index in [1.165, 1.54) is 35.6 Å². The van der Waals surface area contributed by atoms with Crippen molar-refractivity contribution in [2.75, 3.05) is 6.61 Å². The molecule has 2 aliphatic carbocycles. The number of carbonyl (C=O) groups excluding carboxylic acids is 4. The maximum atomic E-state index is 12.6. The van der Waals surface area contributed by atoms with Gasteiger partial charge in [-0.1, -0.05) is 6.07 Å². The van der Waals surface area contributed by atoms with E-state index in [9.17, 15) is 19.2 Å². The van der Waals surface area contributed by atoms with Crippen LogP contribution in [0.2, 0.25) is 0 Å². The largest absolute Gasteiger partial charge is 0.462 e. The summed E-state index contributed by atoms with van der Waals surface area (Å²) in [6, 6.07) is 9.50. The van der Waals surface area contributed by atoms with Crippen LogP contribution in [0.1, 0.15) is 32.9 Å². The summed E-state index contributed by atoms with van der Waals surface area (Å²) in [6.45, 7) is -0.397. The third kappa shape index (κ3) is 3.21. The molecule has 2 aromatic rings. The molecule has 0 spiro atoms. The van der Waals surface area contributed by atoms with E-state index in [4.69, 9.17) is 14.2 Å². The van der Waals surface area contributed by atoms with Crippen LogP contribution in [0.15, 0.2) is 41.8 Å². The van der Waals surface area contributed by atoms with E-state index in [2.05, 4.69) is 0 Å². The van der Waals surface area contributed by atoms with E-state index in [1.54, 1.807) is 17.5 Å². The zero-order valence-electron chi connectivity index (χ0n) is 15.8. The van der Waals surface area contributed by atoms with Crippen LogP contribution in [0.25, 0.3) is 0 Å². The first-order chi connectivity index (χ1) is 14.5. The smallest absolute Gasteiger partial charge is 0.353 e. The predicted octanol–water partition coefficient (Wildman–Crippen LogP) is 2.89. The molecule has 0 amide bonds. The molecule has 0 radical (unpaired) electrons. The van der Waals surface area contributed by atoms with Crippen molar-refractivity contribution in [1.82, 2.24) is 0 Å². The Labute approximate surface area is 175 Å². The van der Waals surface area contributed by atoms with Crippen molar-refractivity contribution in [3.8, 4) is 5.75 Å². The molecule has 30 heavy (non-hydrogen) atoms. The van der Waals surface area contributed by atoms with Gasteiger partial charge >= 0.3 is 17.9 Å². The standard InChI is InChI=1S/C22H18O7S/c23-15(11-3-5-13(6-4-11)28-20(24)17-2-1-7-30-17)10-27-21(25)18-12-8-14-16(9-12)29-22(26)19(14)18/h1-7,12,14,16,18-19H,8-10H2/t12-,14+,16+,18-,19+/m1/s1. The number of benzene rings is 1. The number of fused-ring (bicyclic) bond motifs is 1. The Morgan fingerprint density at radius 2 is 1.90 bits per heavy atom. The van der Waals surface area contributed by atoms with Crippen LogP contribution in [0.3, 0.4) is 0 Å². The number of ketones is 1. The fourth-order valence-corrected chi connectivity index (χ4v) is 5.50. The third-order valence-electron chi connectivity index (χ3n) is 6.21. The highest BCUT2D eigenvalue weighted by Gasteiger charge is 2.64. The molecule has 3 aliphatic rings. The number of thiophene rings is 1. The quantitative estimate of drug-likeness (QED) is 0.398. The Hall–Kier alpha value is -3.00. The van der Waals surface area contributed by atoms with Crippen molar-refractivity contribution >= 4 is 35.0 Å². The summed E-state index contributed by atoms with van der Waals surface area (Å²) in [5.41, 5.74) is 0.340. The summed E-state index contributed by atoms with van der Waals surface area (Å²) in [7, 11) is 0. The van der Waals surface area contributed by atoms with E-state index >= 15 is 0 Å². The van der Waals surface area contributed by atoms with Gasteiger partial charge in [0.25, 0.3) is 0 Å². The molecule has 1 aromatic heterocycles. The first-order valence-corrected chi connectivity index (χ1v) is 10.7. The van der Waals surface area contributed by atoms with Gasteiger partial charge in [0, 0.05) is 11.5 Å². The molecule has 2 saturated carbocycles. The maximum Gasteiger partial charge on any atom is 0.353 e. The molecule has 154 valence electrons. The summed E-state index contributed by atoms with van der Waals surface area (Å²) in [5.74, 6) is -2.05. The van der Waals surface area contributed by atoms with Crippen molar-refractivity contribution in [2.24, 2.45) is 23.7 Å². The summed E-state index contributed by atoms with van der Waals surface area (Å²) in [5, 5.41) is 1.78. The summed E-state index contributed by atoms with van der Waals surface area (Å²) in [6.07, 6.45) is 1.46. The van der Waals surface area contributed by atoms with Crippen LogP contribution in [-0.4, -0.2) is 36.4 Å². The lowest BCUT2D eigenvalue weighted by Gasteiger charge is -2.22. The van der Waals surface area contributed by atoms with Crippen molar-refractivity contribution < 1.29 is 33.4 Å². The first kappa shape index (κ1) is 19.0. The lowest BCUT2D eigenvalue weighted by atomic mass is 9.80. The highest BCUT2D eigenvalue weighted by molar-refractivity contribution is 7.12. The number of Topliss-reactive ketones (excluding diaryl/α,β-unsaturated/α-hetero) is 1. The molecule has 2 bridgehead atoms. The average molecular weight is 426 g/mol. The highest BCUT2D eigenvalue weighted by Crippen LogP contribution is 2.57. The van der Waals surface area contributed by atoms with Crippen molar-refractivity contribution in [1.29, 1.82) is 0 Å². The Morgan fingerprint density at radius 3 is 2.63 bits per heavy atom. The molecule has 5 rings (SSSR count). The van der Waals surface area contributed by atoms with E-state index in [0.717, 1.165) is 6.42 Å². The maximum absolute atomic E-state index is 12.6. The first-order valence-electron chi connectivity index (χ1n) is 9.77. The Balaban J connectivity index is 1.16. The van der Waals surface area contributed by atoms with Gasteiger partial charge < -0.3 is 14.2 Å². The molecule has 5 atom stereocenters. The van der Waals surface area contributed by atoms with Gasteiger partial charge in [-0.2, -0.15) is 0 Å². The molecule has 1 aromatic carbocycles. The van der Waals surface area contributed by atoms with Gasteiger partial charge in [-0.15, -0.1) is 11.3 Å². The van der Waals surface area contributed by atoms with Gasteiger partial charge in [0.15, 0.2) is 12.4 Å². The molecule has 0 N–H and O–H groups in total. The highest BCUT2D eigenvalue weighted by atomic mass is 32.1. The van der Waals surface area contributed by atoms with E-state index in [0.29, 0.717) is 22.6 Å². The molecule has 7 nitrogen and oxygen atoms in total. The van der Waals surface area contributed by atoms with E-state index in [1.807, 2.05) is 0 Å². The molecule has 0 unspecified atom stereocenters. The molecule has 3 fully saturated rings. The monoisotopic (exact) mass is 426 g/mol. The fourth-order valence-electron chi connectivity index (χ4n) is 4.90. The predicted molar refractivity (Wildman–Crippen MR) is 104 cm³/mol. The van der Waals surface area contributed by atoms with Gasteiger partial charge in [-0.3, -0.25) is 14.4 Å². The van der Waals surface area contributed by atoms with Crippen LogP contribution in [0, 0.1) is 23.7 Å². The van der Waals surface area contributed by atoms with Gasteiger partial charge in [-0.25, -0.2) is 4.79 Å². The second-order valence-electron chi connectivity index (χ2n) is 7.84.